The van der Waals surface area contributed by atoms with Gasteiger partial charge in [-0.15, -0.1) is 0 Å². The Morgan fingerprint density at radius 1 is 1.25 bits per heavy atom. The second-order valence-corrected chi connectivity index (χ2v) is 7.77. The van der Waals surface area contributed by atoms with E-state index in [1.165, 1.54) is 11.8 Å². The van der Waals surface area contributed by atoms with Crippen LogP contribution in [0.1, 0.15) is 19.8 Å². The van der Waals surface area contributed by atoms with Crippen LogP contribution < -0.4 is 16.4 Å². The van der Waals surface area contributed by atoms with Gasteiger partial charge >= 0.3 is 0 Å². The van der Waals surface area contributed by atoms with Crippen molar-refractivity contribution in [2.24, 2.45) is 11.1 Å². The second kappa shape index (κ2) is 7.13. The first kappa shape index (κ1) is 17.3. The van der Waals surface area contributed by atoms with Gasteiger partial charge in [0.05, 0.1) is 17.4 Å². The van der Waals surface area contributed by atoms with Crippen molar-refractivity contribution >= 4 is 35.0 Å². The number of nitrogen functional groups attached to an aromatic ring is 1. The van der Waals surface area contributed by atoms with Crippen LogP contribution in [0.4, 0.5) is 11.6 Å². The summed E-state index contributed by atoms with van der Waals surface area (Å²) in [5.74, 6) is 1.22. The largest absolute Gasteiger partial charge is 0.382 e. The highest BCUT2D eigenvalue weighted by Gasteiger charge is 2.29. The highest BCUT2D eigenvalue weighted by atomic mass is 35.5. The van der Waals surface area contributed by atoms with E-state index in [0.717, 1.165) is 48.2 Å². The molecule has 1 saturated heterocycles. The van der Waals surface area contributed by atoms with E-state index in [2.05, 4.69) is 26.8 Å². The standard InChI is InChI=1S/C16H21ClN6S/c1-16(10-18)3-6-23(7-4-16)12-8-22-13(9-21-12)24-11-2-5-20-15(19)14(11)17/h2,5,8-9H,3-4,6-7,10,18H2,1H3,(H2,19,20). The summed E-state index contributed by atoms with van der Waals surface area (Å²) in [5, 5.41) is 1.22. The Labute approximate surface area is 151 Å². The molecule has 2 aromatic rings. The molecule has 24 heavy (non-hydrogen) atoms. The SMILES string of the molecule is CC1(CN)CCN(c2cnc(Sc3ccnc(N)c3Cl)cn2)CC1. The number of nitrogens with zero attached hydrogens (tertiary/aromatic N) is 4. The van der Waals surface area contributed by atoms with Crippen molar-refractivity contribution in [1.82, 2.24) is 15.0 Å². The maximum atomic E-state index is 6.16. The number of hydrogen-bond acceptors (Lipinski definition) is 7. The van der Waals surface area contributed by atoms with Crippen LogP contribution in [0.2, 0.25) is 5.02 Å². The summed E-state index contributed by atoms with van der Waals surface area (Å²) in [6, 6.07) is 1.82. The van der Waals surface area contributed by atoms with E-state index >= 15 is 0 Å². The molecule has 0 spiro atoms. The van der Waals surface area contributed by atoms with Crippen molar-refractivity contribution in [3.05, 3.63) is 29.7 Å². The summed E-state index contributed by atoms with van der Waals surface area (Å²) in [5.41, 5.74) is 11.8. The number of piperidine rings is 1. The molecule has 0 bridgehead atoms. The van der Waals surface area contributed by atoms with Crippen molar-refractivity contribution < 1.29 is 0 Å². The molecule has 6 nitrogen and oxygen atoms in total. The van der Waals surface area contributed by atoms with E-state index in [1.807, 2.05) is 12.3 Å². The third-order valence-corrected chi connectivity index (χ3v) is 5.99. The zero-order chi connectivity index (χ0) is 17.2. The molecule has 128 valence electrons. The van der Waals surface area contributed by atoms with E-state index in [0.29, 0.717) is 10.8 Å². The molecule has 2 aromatic heterocycles. The molecule has 0 amide bonds. The Bertz CT molecular complexity index is 700. The van der Waals surface area contributed by atoms with Gasteiger partial charge in [-0.2, -0.15) is 0 Å². The Morgan fingerprint density at radius 2 is 2.00 bits per heavy atom. The quantitative estimate of drug-likeness (QED) is 0.861. The number of aromatic nitrogens is 3. The molecule has 0 saturated carbocycles. The van der Waals surface area contributed by atoms with Crippen LogP contribution in [0.3, 0.4) is 0 Å². The van der Waals surface area contributed by atoms with Crippen molar-refractivity contribution in [3.63, 3.8) is 0 Å². The van der Waals surface area contributed by atoms with Crippen molar-refractivity contribution in [1.29, 1.82) is 0 Å². The van der Waals surface area contributed by atoms with E-state index in [-0.39, 0.29) is 5.41 Å². The Morgan fingerprint density at radius 3 is 2.62 bits per heavy atom. The number of halogens is 1. The maximum Gasteiger partial charge on any atom is 0.147 e. The van der Waals surface area contributed by atoms with E-state index < -0.39 is 0 Å². The first-order chi connectivity index (χ1) is 11.5. The predicted octanol–water partition coefficient (Wildman–Crippen LogP) is 2.82. The molecule has 0 radical (unpaired) electrons. The highest BCUT2D eigenvalue weighted by molar-refractivity contribution is 7.99. The van der Waals surface area contributed by atoms with E-state index in [1.54, 1.807) is 12.4 Å². The molecule has 4 N–H and O–H groups in total. The van der Waals surface area contributed by atoms with Gasteiger partial charge in [-0.3, -0.25) is 0 Å². The van der Waals surface area contributed by atoms with Crippen LogP contribution in [-0.2, 0) is 0 Å². The van der Waals surface area contributed by atoms with Gasteiger partial charge in [-0.25, -0.2) is 15.0 Å². The van der Waals surface area contributed by atoms with Gasteiger partial charge in [-0.05, 0) is 30.9 Å². The molecule has 0 aliphatic carbocycles. The van der Waals surface area contributed by atoms with Crippen LogP contribution in [-0.4, -0.2) is 34.6 Å². The lowest BCUT2D eigenvalue weighted by Gasteiger charge is -2.39. The Balaban J connectivity index is 1.67. The minimum Gasteiger partial charge on any atom is -0.382 e. The minimum absolute atomic E-state index is 0.248. The van der Waals surface area contributed by atoms with Gasteiger partial charge in [0.25, 0.3) is 0 Å². The molecule has 3 heterocycles. The molecule has 1 aliphatic rings. The third kappa shape index (κ3) is 3.74. The second-order valence-electron chi connectivity index (χ2n) is 6.33. The lowest BCUT2D eigenvalue weighted by atomic mass is 9.80. The summed E-state index contributed by atoms with van der Waals surface area (Å²) in [6.07, 6.45) is 7.37. The number of hydrogen-bond donors (Lipinski definition) is 2. The van der Waals surface area contributed by atoms with Gasteiger partial charge in [0, 0.05) is 24.2 Å². The Kier molecular flexibility index (Phi) is 5.12. The molecule has 0 atom stereocenters. The number of nitrogens with two attached hydrogens (primary N) is 2. The first-order valence-electron chi connectivity index (χ1n) is 7.86. The minimum atomic E-state index is 0.248. The zero-order valence-electron chi connectivity index (χ0n) is 13.6. The summed E-state index contributed by atoms with van der Waals surface area (Å²) in [7, 11) is 0. The van der Waals surface area contributed by atoms with Gasteiger partial charge in [0.2, 0.25) is 0 Å². The fourth-order valence-electron chi connectivity index (χ4n) is 2.64. The number of pyridine rings is 1. The van der Waals surface area contributed by atoms with E-state index in [9.17, 15) is 0 Å². The number of rotatable bonds is 4. The van der Waals surface area contributed by atoms with Crippen LogP contribution in [0.25, 0.3) is 0 Å². The lowest BCUT2D eigenvalue weighted by molar-refractivity contribution is 0.258. The van der Waals surface area contributed by atoms with E-state index in [4.69, 9.17) is 23.1 Å². The van der Waals surface area contributed by atoms with Crippen molar-refractivity contribution in [2.45, 2.75) is 29.7 Å². The molecular weight excluding hydrogens is 344 g/mol. The van der Waals surface area contributed by atoms with Crippen LogP contribution in [0, 0.1) is 5.41 Å². The zero-order valence-corrected chi connectivity index (χ0v) is 15.1. The van der Waals surface area contributed by atoms with Crippen LogP contribution in [0.5, 0.6) is 0 Å². The fourth-order valence-corrected chi connectivity index (χ4v) is 3.62. The summed E-state index contributed by atoms with van der Waals surface area (Å²) < 4.78 is 0. The van der Waals surface area contributed by atoms with Crippen LogP contribution >= 0.6 is 23.4 Å². The maximum absolute atomic E-state index is 6.16. The van der Waals surface area contributed by atoms with Crippen molar-refractivity contribution in [3.8, 4) is 0 Å². The molecule has 1 fully saturated rings. The predicted molar refractivity (Wildman–Crippen MR) is 98.4 cm³/mol. The highest BCUT2D eigenvalue weighted by Crippen LogP contribution is 2.35. The lowest BCUT2D eigenvalue weighted by Crippen LogP contribution is -2.42. The molecule has 8 heteroatoms. The molecule has 3 rings (SSSR count). The summed E-state index contributed by atoms with van der Waals surface area (Å²) >= 11 is 7.59. The van der Waals surface area contributed by atoms with Crippen molar-refractivity contribution in [2.75, 3.05) is 30.3 Å². The third-order valence-electron chi connectivity index (χ3n) is 4.50. The average molecular weight is 365 g/mol. The topological polar surface area (TPSA) is 94.0 Å². The summed E-state index contributed by atoms with van der Waals surface area (Å²) in [4.78, 5) is 16.1. The Hall–Kier alpha value is -1.57. The average Bonchev–Trinajstić information content (AvgIpc) is 2.60. The normalized spacial score (nSPS) is 17.0. The number of anilines is 2. The first-order valence-corrected chi connectivity index (χ1v) is 9.05. The molecule has 0 unspecified atom stereocenters. The van der Waals surface area contributed by atoms with Gasteiger partial charge in [0.1, 0.15) is 16.7 Å². The fraction of sp³-hybridized carbons (Fsp3) is 0.438. The van der Waals surface area contributed by atoms with Crippen LogP contribution in [0.15, 0.2) is 34.6 Å². The van der Waals surface area contributed by atoms with Gasteiger partial charge in [0.15, 0.2) is 0 Å². The molecule has 1 aliphatic heterocycles. The van der Waals surface area contributed by atoms with Gasteiger partial charge < -0.3 is 16.4 Å². The van der Waals surface area contributed by atoms with Gasteiger partial charge in [-0.1, -0.05) is 30.3 Å². The molecular formula is C16H21ClN6S. The smallest absolute Gasteiger partial charge is 0.147 e. The molecule has 0 aromatic carbocycles. The monoisotopic (exact) mass is 364 g/mol. The summed E-state index contributed by atoms with van der Waals surface area (Å²) in [6.45, 7) is 4.90.